The number of hydrogen-bond donors (Lipinski definition) is 0. The van der Waals surface area contributed by atoms with Crippen LogP contribution in [-0.4, -0.2) is 15.1 Å². The Morgan fingerprint density at radius 1 is 0.895 bits per heavy atom. The van der Waals surface area contributed by atoms with Gasteiger partial charge < -0.3 is 4.52 Å². The van der Waals surface area contributed by atoms with Gasteiger partial charge in [-0.05, 0) is 23.8 Å². The van der Waals surface area contributed by atoms with Gasteiger partial charge in [0.2, 0.25) is 0 Å². The highest BCUT2D eigenvalue weighted by molar-refractivity contribution is 5.67. The van der Waals surface area contributed by atoms with Gasteiger partial charge in [-0.2, -0.15) is 4.98 Å². The molecule has 1 aromatic carbocycles. The summed E-state index contributed by atoms with van der Waals surface area (Å²) in [6.07, 6.45) is 7.16. The van der Waals surface area contributed by atoms with Crippen molar-refractivity contribution in [1.29, 1.82) is 0 Å². The molecule has 0 amide bonds. The van der Waals surface area contributed by atoms with E-state index in [9.17, 15) is 0 Å². The molecule has 19 heavy (non-hydrogen) atoms. The SMILES string of the molecule is C(=Cc1noc(-c2ccncc2)n1)c1ccccc1. The summed E-state index contributed by atoms with van der Waals surface area (Å²) < 4.78 is 5.20. The molecule has 3 rings (SSSR count). The van der Waals surface area contributed by atoms with E-state index in [1.807, 2.05) is 54.6 Å². The molecule has 0 unspecified atom stereocenters. The normalized spacial score (nSPS) is 10.9. The number of hydrogen-bond acceptors (Lipinski definition) is 4. The van der Waals surface area contributed by atoms with Crippen LogP contribution in [0, 0.1) is 0 Å². The standard InChI is InChI=1S/C15H11N3O/c1-2-4-12(5-3-1)6-7-14-17-15(19-18-14)13-8-10-16-11-9-13/h1-11H. The molecule has 0 aliphatic carbocycles. The molecule has 4 heteroatoms. The van der Waals surface area contributed by atoms with E-state index in [2.05, 4.69) is 15.1 Å². The molecule has 4 nitrogen and oxygen atoms in total. The summed E-state index contributed by atoms with van der Waals surface area (Å²) in [6, 6.07) is 13.6. The van der Waals surface area contributed by atoms with E-state index in [1.165, 1.54) is 0 Å². The molecule has 3 aromatic rings. The van der Waals surface area contributed by atoms with Crippen LogP contribution in [0.1, 0.15) is 11.4 Å². The Morgan fingerprint density at radius 2 is 1.68 bits per heavy atom. The minimum absolute atomic E-state index is 0.495. The summed E-state index contributed by atoms with van der Waals surface area (Å²) in [4.78, 5) is 8.25. The molecule has 0 saturated carbocycles. The Kier molecular flexibility index (Phi) is 3.14. The molecule has 0 bridgehead atoms. The molecule has 0 aliphatic heterocycles. The summed E-state index contributed by atoms with van der Waals surface area (Å²) in [7, 11) is 0. The Morgan fingerprint density at radius 3 is 2.47 bits per heavy atom. The van der Waals surface area contributed by atoms with Crippen molar-refractivity contribution >= 4 is 12.2 Å². The van der Waals surface area contributed by atoms with Gasteiger partial charge in [-0.1, -0.05) is 41.6 Å². The number of aromatic nitrogens is 3. The smallest absolute Gasteiger partial charge is 0.258 e. The average molecular weight is 249 g/mol. The second-order valence-corrected chi connectivity index (χ2v) is 3.94. The molecule has 0 radical (unpaired) electrons. The van der Waals surface area contributed by atoms with Crippen molar-refractivity contribution in [3.8, 4) is 11.5 Å². The first-order valence-electron chi connectivity index (χ1n) is 5.89. The highest BCUT2D eigenvalue weighted by Gasteiger charge is 2.05. The van der Waals surface area contributed by atoms with Gasteiger partial charge in [-0.3, -0.25) is 4.98 Å². The van der Waals surface area contributed by atoms with Crippen molar-refractivity contribution in [2.45, 2.75) is 0 Å². The van der Waals surface area contributed by atoms with Crippen LogP contribution in [-0.2, 0) is 0 Å². The number of nitrogens with zero attached hydrogens (tertiary/aromatic N) is 3. The van der Waals surface area contributed by atoms with Crippen molar-refractivity contribution in [2.75, 3.05) is 0 Å². The molecule has 2 aromatic heterocycles. The van der Waals surface area contributed by atoms with Gasteiger partial charge in [0, 0.05) is 18.0 Å². The van der Waals surface area contributed by atoms with Gasteiger partial charge in [-0.25, -0.2) is 0 Å². The molecule has 0 aliphatic rings. The highest BCUT2D eigenvalue weighted by atomic mass is 16.5. The molecule has 0 atom stereocenters. The molecule has 0 saturated heterocycles. The van der Waals surface area contributed by atoms with Crippen LogP contribution in [0.15, 0.2) is 59.4 Å². The van der Waals surface area contributed by atoms with Gasteiger partial charge in [-0.15, -0.1) is 0 Å². The van der Waals surface area contributed by atoms with E-state index in [0.717, 1.165) is 11.1 Å². The quantitative estimate of drug-likeness (QED) is 0.714. The molecule has 0 spiro atoms. The predicted octanol–water partition coefficient (Wildman–Crippen LogP) is 3.30. The third kappa shape index (κ3) is 2.74. The van der Waals surface area contributed by atoms with Gasteiger partial charge >= 0.3 is 0 Å². The fourth-order valence-electron chi connectivity index (χ4n) is 1.65. The summed E-state index contributed by atoms with van der Waals surface area (Å²) >= 11 is 0. The zero-order chi connectivity index (χ0) is 12.9. The second-order valence-electron chi connectivity index (χ2n) is 3.94. The topological polar surface area (TPSA) is 51.8 Å². The maximum absolute atomic E-state index is 5.20. The van der Waals surface area contributed by atoms with E-state index < -0.39 is 0 Å². The van der Waals surface area contributed by atoms with Gasteiger partial charge in [0.05, 0.1) is 0 Å². The first kappa shape index (κ1) is 11.3. The van der Waals surface area contributed by atoms with Crippen LogP contribution < -0.4 is 0 Å². The van der Waals surface area contributed by atoms with Crippen LogP contribution in [0.2, 0.25) is 0 Å². The van der Waals surface area contributed by atoms with Crippen molar-refractivity contribution in [3.63, 3.8) is 0 Å². The Bertz CT molecular complexity index is 675. The highest BCUT2D eigenvalue weighted by Crippen LogP contribution is 2.16. The van der Waals surface area contributed by atoms with Crippen molar-refractivity contribution in [2.24, 2.45) is 0 Å². The van der Waals surface area contributed by atoms with Gasteiger partial charge in [0.15, 0.2) is 5.82 Å². The molecular weight excluding hydrogens is 238 g/mol. The first-order chi connectivity index (χ1) is 9.42. The number of benzene rings is 1. The zero-order valence-corrected chi connectivity index (χ0v) is 10.1. The van der Waals surface area contributed by atoms with Gasteiger partial charge in [0.25, 0.3) is 5.89 Å². The third-order valence-electron chi connectivity index (χ3n) is 2.59. The lowest BCUT2D eigenvalue weighted by atomic mass is 10.2. The van der Waals surface area contributed by atoms with E-state index in [4.69, 9.17) is 4.52 Å². The monoisotopic (exact) mass is 249 g/mol. The van der Waals surface area contributed by atoms with Crippen molar-refractivity contribution < 1.29 is 4.52 Å². The lowest BCUT2D eigenvalue weighted by Crippen LogP contribution is -1.78. The molecule has 92 valence electrons. The van der Waals surface area contributed by atoms with Crippen LogP contribution >= 0.6 is 0 Å². The van der Waals surface area contributed by atoms with Crippen LogP contribution in [0.3, 0.4) is 0 Å². The van der Waals surface area contributed by atoms with Crippen molar-refractivity contribution in [3.05, 3.63) is 66.2 Å². The summed E-state index contributed by atoms with van der Waals surface area (Å²) in [5, 5.41) is 3.91. The third-order valence-corrected chi connectivity index (χ3v) is 2.59. The fourth-order valence-corrected chi connectivity index (χ4v) is 1.65. The lowest BCUT2D eigenvalue weighted by molar-refractivity contribution is 0.428. The predicted molar refractivity (Wildman–Crippen MR) is 72.9 cm³/mol. The average Bonchev–Trinajstić information content (AvgIpc) is 2.96. The van der Waals surface area contributed by atoms with E-state index in [0.29, 0.717) is 11.7 Å². The Labute approximate surface area is 110 Å². The van der Waals surface area contributed by atoms with Crippen LogP contribution in [0.4, 0.5) is 0 Å². The minimum atomic E-state index is 0.495. The van der Waals surface area contributed by atoms with Crippen LogP contribution in [0.5, 0.6) is 0 Å². The molecule has 0 N–H and O–H groups in total. The van der Waals surface area contributed by atoms with E-state index in [-0.39, 0.29) is 0 Å². The Balaban J connectivity index is 1.81. The maximum atomic E-state index is 5.20. The maximum Gasteiger partial charge on any atom is 0.258 e. The molecule has 0 fully saturated rings. The minimum Gasteiger partial charge on any atom is -0.334 e. The summed E-state index contributed by atoms with van der Waals surface area (Å²) in [6.45, 7) is 0. The number of rotatable bonds is 3. The van der Waals surface area contributed by atoms with E-state index in [1.54, 1.807) is 12.4 Å². The molecular formula is C15H11N3O. The van der Waals surface area contributed by atoms with Gasteiger partial charge in [0.1, 0.15) is 0 Å². The summed E-state index contributed by atoms with van der Waals surface area (Å²) in [5.41, 5.74) is 1.96. The zero-order valence-electron chi connectivity index (χ0n) is 10.1. The lowest BCUT2D eigenvalue weighted by Gasteiger charge is -1.90. The fraction of sp³-hybridized carbons (Fsp3) is 0. The summed E-state index contributed by atoms with van der Waals surface area (Å²) in [5.74, 6) is 1.05. The van der Waals surface area contributed by atoms with Crippen molar-refractivity contribution in [1.82, 2.24) is 15.1 Å². The Hall–Kier alpha value is -2.75. The first-order valence-corrected chi connectivity index (χ1v) is 5.89. The van der Waals surface area contributed by atoms with Crippen LogP contribution in [0.25, 0.3) is 23.6 Å². The largest absolute Gasteiger partial charge is 0.334 e. The second kappa shape index (κ2) is 5.27. The number of pyridine rings is 1. The van der Waals surface area contributed by atoms with E-state index >= 15 is 0 Å². The molecule has 2 heterocycles.